The van der Waals surface area contributed by atoms with Gasteiger partial charge in [0.2, 0.25) is 11.8 Å². The molecule has 5 rings (SSSR count). The van der Waals surface area contributed by atoms with E-state index in [0.29, 0.717) is 13.0 Å². The van der Waals surface area contributed by atoms with Crippen molar-refractivity contribution in [2.24, 2.45) is 0 Å². The van der Waals surface area contributed by atoms with E-state index in [1.54, 1.807) is 0 Å². The molecule has 3 heterocycles. The molecular formula is C25H28N4O2. The SMILES string of the molecule is Cc1ccc(N2C[C@H](c3nc4ccccc4n3CC(=O)N3CCCCC3)CC2=O)cc1. The Morgan fingerprint density at radius 1 is 1.03 bits per heavy atom. The summed E-state index contributed by atoms with van der Waals surface area (Å²) in [6.45, 7) is 4.59. The molecule has 2 aliphatic rings. The first kappa shape index (κ1) is 19.8. The Labute approximate surface area is 182 Å². The van der Waals surface area contributed by atoms with Crippen LogP contribution in [0.15, 0.2) is 48.5 Å². The molecule has 6 heteroatoms. The summed E-state index contributed by atoms with van der Waals surface area (Å²) in [5.74, 6) is 1.06. The lowest BCUT2D eigenvalue weighted by molar-refractivity contribution is -0.132. The van der Waals surface area contributed by atoms with Gasteiger partial charge in [-0.15, -0.1) is 0 Å². The van der Waals surface area contributed by atoms with Crippen molar-refractivity contribution in [3.63, 3.8) is 0 Å². The Kier molecular flexibility index (Phi) is 5.22. The van der Waals surface area contributed by atoms with Gasteiger partial charge in [-0.1, -0.05) is 29.8 Å². The fourth-order valence-electron chi connectivity index (χ4n) is 4.81. The third-order valence-corrected chi connectivity index (χ3v) is 6.52. The summed E-state index contributed by atoms with van der Waals surface area (Å²) >= 11 is 0. The average Bonchev–Trinajstić information content (AvgIpc) is 3.35. The molecule has 0 unspecified atom stereocenters. The number of carbonyl (C=O) groups excluding carboxylic acids is 2. The number of carbonyl (C=O) groups is 2. The number of rotatable bonds is 4. The van der Waals surface area contributed by atoms with Crippen LogP contribution in [0.25, 0.3) is 11.0 Å². The predicted molar refractivity (Wildman–Crippen MR) is 121 cm³/mol. The molecule has 2 aromatic carbocycles. The normalized spacial score (nSPS) is 19.4. The molecule has 0 saturated carbocycles. The second kappa shape index (κ2) is 8.17. The highest BCUT2D eigenvalue weighted by molar-refractivity contribution is 5.96. The van der Waals surface area contributed by atoms with E-state index in [9.17, 15) is 9.59 Å². The van der Waals surface area contributed by atoms with Crippen LogP contribution in [0, 0.1) is 6.92 Å². The Morgan fingerprint density at radius 3 is 2.55 bits per heavy atom. The van der Waals surface area contributed by atoms with E-state index in [4.69, 9.17) is 4.98 Å². The van der Waals surface area contributed by atoms with Crippen molar-refractivity contribution in [3.05, 3.63) is 59.9 Å². The zero-order valence-electron chi connectivity index (χ0n) is 18.0. The van der Waals surface area contributed by atoms with Crippen LogP contribution < -0.4 is 4.90 Å². The van der Waals surface area contributed by atoms with E-state index in [0.717, 1.165) is 48.5 Å². The molecule has 160 valence electrons. The number of benzene rings is 2. The number of anilines is 1. The molecule has 1 atom stereocenters. The van der Waals surface area contributed by atoms with Gasteiger partial charge in [0.25, 0.3) is 0 Å². The van der Waals surface area contributed by atoms with Gasteiger partial charge in [-0.05, 0) is 50.5 Å². The summed E-state index contributed by atoms with van der Waals surface area (Å²) in [7, 11) is 0. The van der Waals surface area contributed by atoms with Crippen molar-refractivity contribution >= 4 is 28.5 Å². The molecule has 1 aromatic heterocycles. The summed E-state index contributed by atoms with van der Waals surface area (Å²) in [6.07, 6.45) is 3.76. The fraction of sp³-hybridized carbons (Fsp3) is 0.400. The average molecular weight is 417 g/mol. The van der Waals surface area contributed by atoms with Gasteiger partial charge in [-0.25, -0.2) is 4.98 Å². The summed E-state index contributed by atoms with van der Waals surface area (Å²) in [5.41, 5.74) is 3.93. The number of para-hydroxylation sites is 2. The fourth-order valence-corrected chi connectivity index (χ4v) is 4.81. The van der Waals surface area contributed by atoms with E-state index in [-0.39, 0.29) is 24.3 Å². The van der Waals surface area contributed by atoms with Gasteiger partial charge in [-0.3, -0.25) is 9.59 Å². The zero-order chi connectivity index (χ0) is 21.4. The smallest absolute Gasteiger partial charge is 0.242 e. The Balaban J connectivity index is 1.45. The topological polar surface area (TPSA) is 58.4 Å². The largest absolute Gasteiger partial charge is 0.341 e. The van der Waals surface area contributed by atoms with E-state index < -0.39 is 0 Å². The van der Waals surface area contributed by atoms with Crippen LogP contribution >= 0.6 is 0 Å². The lowest BCUT2D eigenvalue weighted by Gasteiger charge is -2.27. The van der Waals surface area contributed by atoms with E-state index >= 15 is 0 Å². The number of aromatic nitrogens is 2. The molecule has 2 fully saturated rings. The van der Waals surface area contributed by atoms with Gasteiger partial charge < -0.3 is 14.4 Å². The molecule has 0 spiro atoms. The highest BCUT2D eigenvalue weighted by Gasteiger charge is 2.35. The minimum atomic E-state index is -0.0321. The van der Waals surface area contributed by atoms with Gasteiger partial charge in [0, 0.05) is 37.7 Å². The van der Waals surface area contributed by atoms with Crippen LogP contribution in [-0.4, -0.2) is 45.9 Å². The van der Waals surface area contributed by atoms with Gasteiger partial charge in [-0.2, -0.15) is 0 Å². The summed E-state index contributed by atoms with van der Waals surface area (Å²) in [5, 5.41) is 0. The van der Waals surface area contributed by atoms with Crippen molar-refractivity contribution in [2.45, 2.75) is 45.1 Å². The molecule has 2 aliphatic heterocycles. The Hall–Kier alpha value is -3.15. The zero-order valence-corrected chi connectivity index (χ0v) is 18.0. The van der Waals surface area contributed by atoms with Gasteiger partial charge in [0.1, 0.15) is 12.4 Å². The number of nitrogens with zero attached hydrogens (tertiary/aromatic N) is 4. The molecule has 31 heavy (non-hydrogen) atoms. The van der Waals surface area contributed by atoms with Gasteiger partial charge in [0.05, 0.1) is 11.0 Å². The molecule has 0 aliphatic carbocycles. The van der Waals surface area contributed by atoms with E-state index in [1.807, 2.05) is 69.8 Å². The first-order chi connectivity index (χ1) is 15.1. The van der Waals surface area contributed by atoms with Crippen LogP contribution in [0.5, 0.6) is 0 Å². The minimum Gasteiger partial charge on any atom is -0.341 e. The molecular weight excluding hydrogens is 388 g/mol. The lowest BCUT2D eigenvalue weighted by Crippen LogP contribution is -2.38. The second-order valence-corrected chi connectivity index (χ2v) is 8.73. The molecule has 2 amide bonds. The quantitative estimate of drug-likeness (QED) is 0.649. The van der Waals surface area contributed by atoms with Crippen LogP contribution in [0.2, 0.25) is 0 Å². The molecule has 0 radical (unpaired) electrons. The number of amides is 2. The summed E-state index contributed by atoms with van der Waals surface area (Å²) in [6, 6.07) is 16.0. The third kappa shape index (κ3) is 3.82. The first-order valence-electron chi connectivity index (χ1n) is 11.2. The maximum Gasteiger partial charge on any atom is 0.242 e. The predicted octanol–water partition coefficient (Wildman–Crippen LogP) is 3.88. The van der Waals surface area contributed by atoms with E-state index in [1.165, 1.54) is 12.0 Å². The number of hydrogen-bond acceptors (Lipinski definition) is 3. The first-order valence-corrected chi connectivity index (χ1v) is 11.2. The number of aryl methyl sites for hydroxylation is 1. The molecule has 3 aromatic rings. The highest BCUT2D eigenvalue weighted by atomic mass is 16.2. The lowest BCUT2D eigenvalue weighted by atomic mass is 10.1. The van der Waals surface area contributed by atoms with Crippen LogP contribution in [-0.2, 0) is 16.1 Å². The van der Waals surface area contributed by atoms with Crippen molar-refractivity contribution in [1.29, 1.82) is 0 Å². The third-order valence-electron chi connectivity index (χ3n) is 6.52. The van der Waals surface area contributed by atoms with Crippen molar-refractivity contribution in [2.75, 3.05) is 24.5 Å². The molecule has 2 saturated heterocycles. The van der Waals surface area contributed by atoms with Crippen LogP contribution in [0.3, 0.4) is 0 Å². The summed E-state index contributed by atoms with van der Waals surface area (Å²) in [4.78, 5) is 34.6. The van der Waals surface area contributed by atoms with Crippen molar-refractivity contribution in [3.8, 4) is 0 Å². The number of piperidine rings is 1. The van der Waals surface area contributed by atoms with Crippen molar-refractivity contribution < 1.29 is 9.59 Å². The highest BCUT2D eigenvalue weighted by Crippen LogP contribution is 2.33. The minimum absolute atomic E-state index is 0.0321. The number of fused-ring (bicyclic) bond motifs is 1. The van der Waals surface area contributed by atoms with E-state index in [2.05, 4.69) is 0 Å². The Bertz CT molecular complexity index is 1110. The summed E-state index contributed by atoms with van der Waals surface area (Å²) < 4.78 is 2.04. The standard InChI is InChI=1S/C25H28N4O2/c1-18-9-11-20(12-10-18)28-16-19(15-23(28)30)25-26-21-7-3-4-8-22(21)29(25)17-24(31)27-13-5-2-6-14-27/h3-4,7-12,19H,2,5-6,13-17H2,1H3/t19-/m1/s1. The number of likely N-dealkylation sites (tertiary alicyclic amines) is 1. The van der Waals surface area contributed by atoms with Gasteiger partial charge in [0.15, 0.2) is 0 Å². The monoisotopic (exact) mass is 416 g/mol. The maximum atomic E-state index is 13.1. The Morgan fingerprint density at radius 2 is 1.77 bits per heavy atom. The van der Waals surface area contributed by atoms with Crippen LogP contribution in [0.1, 0.15) is 43.0 Å². The second-order valence-electron chi connectivity index (χ2n) is 8.73. The maximum absolute atomic E-state index is 13.1. The number of hydrogen-bond donors (Lipinski definition) is 0. The molecule has 0 bridgehead atoms. The van der Waals surface area contributed by atoms with Crippen LogP contribution in [0.4, 0.5) is 5.69 Å². The molecule has 6 nitrogen and oxygen atoms in total. The van der Waals surface area contributed by atoms with Crippen molar-refractivity contribution in [1.82, 2.24) is 14.5 Å². The molecule has 0 N–H and O–H groups in total. The number of imidazole rings is 1. The van der Waals surface area contributed by atoms with Gasteiger partial charge >= 0.3 is 0 Å².